The van der Waals surface area contributed by atoms with Crippen molar-refractivity contribution in [3.05, 3.63) is 93.1 Å². The summed E-state index contributed by atoms with van der Waals surface area (Å²) in [4.78, 5) is 25.1. The summed E-state index contributed by atoms with van der Waals surface area (Å²) >= 11 is 6.15. The molecule has 0 spiro atoms. The molecule has 2 amide bonds. The number of amides is 2. The molecule has 164 valence electrons. The highest BCUT2D eigenvalue weighted by molar-refractivity contribution is 6.31. The first kappa shape index (κ1) is 21.8. The quantitative estimate of drug-likeness (QED) is 0.545. The van der Waals surface area contributed by atoms with Gasteiger partial charge in [0, 0.05) is 29.1 Å². The minimum atomic E-state index is -0.637. The molecule has 0 bridgehead atoms. The molecule has 0 fully saturated rings. The van der Waals surface area contributed by atoms with E-state index in [4.69, 9.17) is 16.0 Å². The molecule has 0 saturated carbocycles. The molecule has 1 aromatic heterocycles. The number of nitrogens with zero attached hydrogens (tertiary/aromatic N) is 1. The lowest BCUT2D eigenvalue weighted by Gasteiger charge is -2.13. The number of hydrazone groups is 1. The Labute approximate surface area is 189 Å². The molecule has 2 aromatic carbocycles. The van der Waals surface area contributed by atoms with Crippen LogP contribution in [-0.2, 0) is 13.0 Å². The summed E-state index contributed by atoms with van der Waals surface area (Å²) in [5, 5.41) is 7.62. The van der Waals surface area contributed by atoms with Gasteiger partial charge in [-0.1, -0.05) is 41.9 Å². The Morgan fingerprint density at radius 2 is 1.84 bits per heavy atom. The number of fused-ring (bicyclic) bond motifs is 1. The zero-order valence-electron chi connectivity index (χ0n) is 17.4. The summed E-state index contributed by atoms with van der Waals surface area (Å²) in [6, 6.07) is 13.0. The first-order valence-electron chi connectivity index (χ1n) is 10.2. The average molecular weight is 454 g/mol. The van der Waals surface area contributed by atoms with Crippen LogP contribution in [0.1, 0.15) is 56.2 Å². The molecule has 0 radical (unpaired) electrons. The third-order valence-corrected chi connectivity index (χ3v) is 5.71. The molecule has 1 heterocycles. The Morgan fingerprint density at radius 1 is 1.09 bits per heavy atom. The highest BCUT2D eigenvalue weighted by atomic mass is 35.5. The van der Waals surface area contributed by atoms with E-state index in [0.717, 1.165) is 12.0 Å². The van der Waals surface area contributed by atoms with E-state index in [2.05, 4.69) is 15.8 Å². The van der Waals surface area contributed by atoms with Crippen LogP contribution in [0.3, 0.4) is 0 Å². The van der Waals surface area contributed by atoms with E-state index < -0.39 is 11.7 Å². The molecule has 0 aliphatic heterocycles. The second-order valence-electron chi connectivity index (χ2n) is 7.46. The number of rotatable bonds is 5. The van der Waals surface area contributed by atoms with Gasteiger partial charge >= 0.3 is 0 Å². The van der Waals surface area contributed by atoms with Gasteiger partial charge in [-0.3, -0.25) is 9.59 Å². The predicted molar refractivity (Wildman–Crippen MR) is 119 cm³/mol. The van der Waals surface area contributed by atoms with Gasteiger partial charge in [0.25, 0.3) is 11.8 Å². The lowest BCUT2D eigenvalue weighted by molar-refractivity contribution is 0.0918. The summed E-state index contributed by atoms with van der Waals surface area (Å²) in [6.45, 7) is 2.05. The van der Waals surface area contributed by atoms with Crippen LogP contribution in [0.25, 0.3) is 0 Å². The fourth-order valence-corrected chi connectivity index (χ4v) is 3.92. The molecule has 32 heavy (non-hydrogen) atoms. The van der Waals surface area contributed by atoms with E-state index in [9.17, 15) is 14.0 Å². The van der Waals surface area contributed by atoms with Crippen molar-refractivity contribution in [1.82, 2.24) is 10.7 Å². The van der Waals surface area contributed by atoms with E-state index in [-0.39, 0.29) is 23.8 Å². The molecule has 4 rings (SSSR count). The smallest absolute Gasteiger partial charge is 0.287 e. The number of furan rings is 1. The zero-order valence-corrected chi connectivity index (χ0v) is 18.1. The Kier molecular flexibility index (Phi) is 6.37. The summed E-state index contributed by atoms with van der Waals surface area (Å²) in [7, 11) is 0. The fourth-order valence-electron chi connectivity index (χ4n) is 3.72. The number of benzene rings is 2. The molecule has 1 aliphatic carbocycles. The van der Waals surface area contributed by atoms with Crippen molar-refractivity contribution in [3.8, 4) is 0 Å². The van der Waals surface area contributed by atoms with Gasteiger partial charge in [0.2, 0.25) is 0 Å². The molecule has 3 aromatic rings. The molecule has 0 atom stereocenters. The minimum absolute atomic E-state index is 0.0866. The number of hydrogen-bond donors (Lipinski definition) is 2. The number of nitrogens with one attached hydrogen (secondary N) is 2. The summed E-state index contributed by atoms with van der Waals surface area (Å²) in [5.41, 5.74) is 5.10. The topological polar surface area (TPSA) is 83.7 Å². The van der Waals surface area contributed by atoms with E-state index in [1.54, 1.807) is 19.1 Å². The number of carbonyl (C=O) groups excluding carboxylic acids is 2. The van der Waals surface area contributed by atoms with Crippen molar-refractivity contribution in [2.24, 2.45) is 5.10 Å². The predicted octanol–water partition coefficient (Wildman–Crippen LogP) is 4.78. The normalized spacial score (nSPS) is 14.2. The standard InChI is InChI=1S/C24H21ClFN3O3/c1-14-21-19(28-29-23(30)16-8-3-5-10-18(16)26)11-6-12-20(21)32-22(14)24(31)27-13-15-7-2-4-9-17(15)25/h2-5,7-10H,6,11-13H2,1H3,(H,27,31)(H,29,30)/b28-19+. The van der Waals surface area contributed by atoms with Crippen LogP contribution in [0.5, 0.6) is 0 Å². The largest absolute Gasteiger partial charge is 0.455 e. The lowest BCUT2D eigenvalue weighted by atomic mass is 9.93. The Hall–Kier alpha value is -3.45. The van der Waals surface area contributed by atoms with Gasteiger partial charge in [0.1, 0.15) is 11.6 Å². The minimum Gasteiger partial charge on any atom is -0.455 e. The first-order chi connectivity index (χ1) is 15.5. The molecule has 6 nitrogen and oxygen atoms in total. The number of carbonyl (C=O) groups is 2. The van der Waals surface area contributed by atoms with E-state index in [1.807, 2.05) is 18.2 Å². The summed E-state index contributed by atoms with van der Waals surface area (Å²) < 4.78 is 19.7. The molecule has 1 aliphatic rings. The maximum atomic E-state index is 13.8. The molecule has 0 saturated heterocycles. The summed E-state index contributed by atoms with van der Waals surface area (Å²) in [6.07, 6.45) is 2.02. The molecule has 8 heteroatoms. The molecule has 2 N–H and O–H groups in total. The third kappa shape index (κ3) is 4.43. The first-order valence-corrected chi connectivity index (χ1v) is 10.6. The van der Waals surface area contributed by atoms with E-state index >= 15 is 0 Å². The zero-order chi connectivity index (χ0) is 22.7. The van der Waals surface area contributed by atoms with Gasteiger partial charge in [0.05, 0.1) is 11.3 Å². The van der Waals surface area contributed by atoms with Crippen LogP contribution >= 0.6 is 11.6 Å². The van der Waals surface area contributed by atoms with Crippen molar-refractivity contribution >= 4 is 29.1 Å². The second-order valence-corrected chi connectivity index (χ2v) is 7.87. The molecular weight excluding hydrogens is 433 g/mol. The average Bonchev–Trinajstić information content (AvgIpc) is 3.14. The molecule has 0 unspecified atom stereocenters. The maximum absolute atomic E-state index is 13.8. The maximum Gasteiger partial charge on any atom is 0.287 e. The van der Waals surface area contributed by atoms with Gasteiger partial charge in [-0.05, 0) is 43.5 Å². The van der Waals surface area contributed by atoms with Gasteiger partial charge in [-0.15, -0.1) is 0 Å². The van der Waals surface area contributed by atoms with Crippen molar-refractivity contribution in [2.45, 2.75) is 32.7 Å². The summed E-state index contributed by atoms with van der Waals surface area (Å²) in [5.74, 6) is -0.757. The van der Waals surface area contributed by atoms with Crippen LogP contribution in [0, 0.1) is 12.7 Å². The van der Waals surface area contributed by atoms with Crippen LogP contribution < -0.4 is 10.7 Å². The van der Waals surface area contributed by atoms with Crippen molar-refractivity contribution in [1.29, 1.82) is 0 Å². The Balaban J connectivity index is 1.53. The fraction of sp³-hybridized carbons (Fsp3) is 0.208. The van der Waals surface area contributed by atoms with Gasteiger partial charge < -0.3 is 9.73 Å². The lowest BCUT2D eigenvalue weighted by Crippen LogP contribution is -2.24. The number of hydrogen-bond acceptors (Lipinski definition) is 4. The Bertz CT molecular complexity index is 1220. The van der Waals surface area contributed by atoms with Crippen LogP contribution in [0.4, 0.5) is 4.39 Å². The van der Waals surface area contributed by atoms with Gasteiger partial charge in [0.15, 0.2) is 5.76 Å². The van der Waals surface area contributed by atoms with Crippen molar-refractivity contribution < 1.29 is 18.4 Å². The van der Waals surface area contributed by atoms with Gasteiger partial charge in [-0.25, -0.2) is 9.82 Å². The van der Waals surface area contributed by atoms with E-state index in [1.165, 1.54) is 18.2 Å². The molecular formula is C24H21ClFN3O3. The SMILES string of the molecule is Cc1c(C(=O)NCc2ccccc2Cl)oc2c1/C(=N/NC(=O)c1ccccc1F)CCC2. The van der Waals surface area contributed by atoms with Crippen molar-refractivity contribution in [3.63, 3.8) is 0 Å². The monoisotopic (exact) mass is 453 g/mol. The van der Waals surface area contributed by atoms with E-state index in [0.29, 0.717) is 40.5 Å². The van der Waals surface area contributed by atoms with Crippen LogP contribution in [0.2, 0.25) is 5.02 Å². The second kappa shape index (κ2) is 9.36. The van der Waals surface area contributed by atoms with Crippen molar-refractivity contribution in [2.75, 3.05) is 0 Å². The third-order valence-electron chi connectivity index (χ3n) is 5.34. The number of halogens is 2. The van der Waals surface area contributed by atoms with Crippen LogP contribution in [0.15, 0.2) is 58.0 Å². The van der Waals surface area contributed by atoms with Gasteiger partial charge in [-0.2, -0.15) is 5.10 Å². The highest BCUT2D eigenvalue weighted by Crippen LogP contribution is 2.30. The highest BCUT2D eigenvalue weighted by Gasteiger charge is 2.28. The van der Waals surface area contributed by atoms with Crippen LogP contribution in [-0.4, -0.2) is 17.5 Å². The Morgan fingerprint density at radius 3 is 2.62 bits per heavy atom. The number of aryl methyl sites for hydroxylation is 1.